The number of aliphatic hydroxyl groups is 1. The van der Waals surface area contributed by atoms with Gasteiger partial charge in [-0.2, -0.15) is 0 Å². The van der Waals surface area contributed by atoms with Gasteiger partial charge in [0.2, 0.25) is 0 Å². The summed E-state index contributed by atoms with van der Waals surface area (Å²) >= 11 is 0. The highest BCUT2D eigenvalue weighted by molar-refractivity contribution is 5.83. The van der Waals surface area contributed by atoms with Gasteiger partial charge in [0.05, 0.1) is 31.7 Å². The molecular formula is C22H27N2O3+. The summed E-state index contributed by atoms with van der Waals surface area (Å²) in [6.45, 7) is 3.05. The SMILES string of the molecule is C/C=C1\C[N+]2(C)[C@@H]3C[C@H]1[C@@]1(C(=O)OC)[C@H](O)[C@]4(C[C@H]12)c1ccccc1N[C@@H]34. The third kappa shape index (κ3) is 1.37. The number of esters is 1. The number of carbonyl (C=O) groups is 1. The second-order valence-corrected chi connectivity index (χ2v) is 9.48. The third-order valence-corrected chi connectivity index (χ3v) is 9.11. The molecule has 0 radical (unpaired) electrons. The standard InChI is InChI=1S/C22H27N2O3/c1-4-12-11-24(2)16-9-14(12)22(20(26)27-3)17(24)10-21(19(22)25)13-7-5-6-8-15(13)23-18(16)21/h4-8,14,16-19,23,25H,9-11H2,1-3H3/q+1/b12-4+/t14-,16-,17-,18+,19-,21-,22+,24?/m1/s1. The van der Waals surface area contributed by atoms with Crippen LogP contribution in [-0.2, 0) is 14.9 Å². The first-order chi connectivity index (χ1) is 13.0. The zero-order valence-electron chi connectivity index (χ0n) is 16.1. The maximum Gasteiger partial charge on any atom is 0.321 e. The lowest BCUT2D eigenvalue weighted by molar-refractivity contribution is -0.975. The number of fused-ring (bicyclic) bond motifs is 2. The van der Waals surface area contributed by atoms with Gasteiger partial charge < -0.3 is 19.6 Å². The Labute approximate surface area is 159 Å². The average molecular weight is 367 g/mol. The fourth-order valence-electron chi connectivity index (χ4n) is 8.23. The quantitative estimate of drug-likeness (QED) is 0.452. The van der Waals surface area contributed by atoms with Crippen molar-refractivity contribution in [1.82, 2.24) is 0 Å². The van der Waals surface area contributed by atoms with Gasteiger partial charge in [0.25, 0.3) is 0 Å². The van der Waals surface area contributed by atoms with E-state index in [1.165, 1.54) is 18.2 Å². The number of rotatable bonds is 1. The zero-order chi connectivity index (χ0) is 18.8. The number of para-hydroxylation sites is 1. The van der Waals surface area contributed by atoms with E-state index in [0.717, 1.165) is 29.6 Å². The molecule has 5 fully saturated rings. The molecular weight excluding hydrogens is 340 g/mol. The minimum atomic E-state index is -0.839. The minimum absolute atomic E-state index is 0.0823. The second kappa shape index (κ2) is 4.58. The summed E-state index contributed by atoms with van der Waals surface area (Å²) in [5, 5.41) is 15.8. The van der Waals surface area contributed by atoms with Crippen molar-refractivity contribution in [1.29, 1.82) is 0 Å². The summed E-state index contributed by atoms with van der Waals surface area (Å²) in [4.78, 5) is 13.4. The van der Waals surface area contributed by atoms with Gasteiger partial charge in [-0.25, -0.2) is 0 Å². The van der Waals surface area contributed by atoms with E-state index in [9.17, 15) is 9.90 Å². The molecule has 4 saturated heterocycles. The molecule has 5 aliphatic heterocycles. The number of methoxy groups -OCH3 is 1. The van der Waals surface area contributed by atoms with Gasteiger partial charge in [-0.1, -0.05) is 24.3 Å². The first-order valence-electron chi connectivity index (χ1n) is 10.1. The molecule has 5 bridgehead atoms. The number of ether oxygens (including phenoxy) is 1. The summed E-state index contributed by atoms with van der Waals surface area (Å²) < 4.78 is 6.24. The van der Waals surface area contributed by atoms with Gasteiger partial charge in [0, 0.05) is 24.4 Å². The fourth-order valence-corrected chi connectivity index (χ4v) is 8.23. The number of benzene rings is 1. The number of aliphatic hydroxyl groups excluding tert-OH is 1. The topological polar surface area (TPSA) is 58.6 Å². The Hall–Kier alpha value is -1.85. The molecule has 1 aromatic rings. The Morgan fingerprint density at radius 1 is 1.41 bits per heavy atom. The Bertz CT molecular complexity index is 913. The van der Waals surface area contributed by atoms with Gasteiger partial charge in [0.1, 0.15) is 18.6 Å². The van der Waals surface area contributed by atoms with E-state index in [4.69, 9.17) is 4.74 Å². The van der Waals surface area contributed by atoms with E-state index < -0.39 is 16.9 Å². The zero-order valence-corrected chi connectivity index (χ0v) is 16.1. The molecule has 5 heterocycles. The molecule has 1 spiro atoms. The number of piperidine rings is 4. The van der Waals surface area contributed by atoms with Crippen LogP contribution in [0, 0.1) is 11.3 Å². The first kappa shape index (κ1) is 16.1. The van der Waals surface area contributed by atoms with Crippen molar-refractivity contribution in [3.63, 3.8) is 0 Å². The molecule has 1 saturated carbocycles. The maximum absolute atomic E-state index is 13.4. The lowest BCUT2D eigenvalue weighted by Crippen LogP contribution is -2.79. The molecule has 1 unspecified atom stereocenters. The van der Waals surface area contributed by atoms with E-state index in [1.807, 2.05) is 6.07 Å². The van der Waals surface area contributed by atoms with Crippen LogP contribution in [0.25, 0.3) is 0 Å². The monoisotopic (exact) mass is 367 g/mol. The van der Waals surface area contributed by atoms with E-state index >= 15 is 0 Å². The first-order valence-corrected chi connectivity index (χ1v) is 10.1. The maximum atomic E-state index is 13.4. The smallest absolute Gasteiger partial charge is 0.321 e. The van der Waals surface area contributed by atoms with Crippen molar-refractivity contribution in [2.24, 2.45) is 11.3 Å². The normalized spacial score (nSPS) is 51.9. The molecule has 2 N–H and O–H groups in total. The molecule has 6 aliphatic rings. The summed E-state index contributed by atoms with van der Waals surface area (Å²) in [6.07, 6.45) is 3.23. The minimum Gasteiger partial charge on any atom is -0.468 e. The number of hydrogen-bond acceptors (Lipinski definition) is 4. The lowest BCUT2D eigenvalue weighted by Gasteiger charge is -2.64. The van der Waals surface area contributed by atoms with E-state index in [-0.39, 0.29) is 24.0 Å². The predicted molar refractivity (Wildman–Crippen MR) is 101 cm³/mol. The fraction of sp³-hybridized carbons (Fsp3) is 0.591. The van der Waals surface area contributed by atoms with Crippen molar-refractivity contribution in [3.05, 3.63) is 41.5 Å². The molecule has 142 valence electrons. The van der Waals surface area contributed by atoms with Crippen LogP contribution in [0.3, 0.4) is 0 Å². The van der Waals surface area contributed by atoms with E-state index in [0.29, 0.717) is 6.04 Å². The predicted octanol–water partition coefficient (Wildman–Crippen LogP) is 1.82. The van der Waals surface area contributed by atoms with Crippen LogP contribution in [0.5, 0.6) is 0 Å². The number of hydrogen-bond donors (Lipinski definition) is 2. The highest BCUT2D eigenvalue weighted by Crippen LogP contribution is 2.73. The number of allylic oxidation sites excluding steroid dienone is 1. The van der Waals surface area contributed by atoms with Crippen molar-refractivity contribution < 1.29 is 19.1 Å². The van der Waals surface area contributed by atoms with E-state index in [1.54, 1.807) is 0 Å². The van der Waals surface area contributed by atoms with Crippen LogP contribution < -0.4 is 5.32 Å². The number of carbonyl (C=O) groups excluding carboxylic acids is 1. The number of quaternary nitrogens is 1. The molecule has 0 aromatic heterocycles. The van der Waals surface area contributed by atoms with Crippen LogP contribution in [-0.4, -0.2) is 60.5 Å². The highest BCUT2D eigenvalue weighted by atomic mass is 16.5. The Balaban J connectivity index is 1.68. The van der Waals surface area contributed by atoms with Crippen molar-refractivity contribution in [2.75, 3.05) is 26.0 Å². The summed E-state index contributed by atoms with van der Waals surface area (Å²) in [7, 11) is 3.78. The Kier molecular flexibility index (Phi) is 2.74. The Morgan fingerprint density at radius 3 is 2.93 bits per heavy atom. The summed E-state index contributed by atoms with van der Waals surface area (Å²) in [6, 6.07) is 9.05. The summed E-state index contributed by atoms with van der Waals surface area (Å²) in [5.41, 5.74) is 2.41. The van der Waals surface area contributed by atoms with Crippen LogP contribution in [0.4, 0.5) is 5.69 Å². The van der Waals surface area contributed by atoms with Gasteiger partial charge in [-0.05, 0) is 24.1 Å². The second-order valence-electron chi connectivity index (χ2n) is 9.48. The summed E-state index contributed by atoms with van der Waals surface area (Å²) in [5.74, 6) is -0.132. The molecule has 5 heteroatoms. The molecule has 1 aliphatic carbocycles. The van der Waals surface area contributed by atoms with Crippen LogP contribution in [0.1, 0.15) is 25.3 Å². The number of likely N-dealkylation sites (N-methyl/N-ethyl adjacent to an activating group) is 1. The molecule has 27 heavy (non-hydrogen) atoms. The number of anilines is 1. The van der Waals surface area contributed by atoms with Gasteiger partial charge in [-0.3, -0.25) is 4.79 Å². The van der Waals surface area contributed by atoms with Crippen molar-refractivity contribution >= 4 is 11.7 Å². The van der Waals surface area contributed by atoms with E-state index in [2.05, 4.69) is 43.6 Å². The Morgan fingerprint density at radius 2 is 2.19 bits per heavy atom. The highest BCUT2D eigenvalue weighted by Gasteiger charge is 2.87. The van der Waals surface area contributed by atoms with Crippen molar-refractivity contribution in [3.8, 4) is 0 Å². The van der Waals surface area contributed by atoms with Crippen LogP contribution in [0.2, 0.25) is 0 Å². The number of nitrogens with one attached hydrogen (secondary N) is 1. The molecule has 7 rings (SSSR count). The average Bonchev–Trinajstić information content (AvgIpc) is 3.13. The van der Waals surface area contributed by atoms with Gasteiger partial charge in [-0.15, -0.1) is 0 Å². The molecule has 5 nitrogen and oxygen atoms in total. The molecule has 8 atom stereocenters. The lowest BCUT2D eigenvalue weighted by atomic mass is 9.57. The largest absolute Gasteiger partial charge is 0.468 e. The van der Waals surface area contributed by atoms with Gasteiger partial charge in [0.15, 0.2) is 5.41 Å². The van der Waals surface area contributed by atoms with Crippen LogP contribution in [0.15, 0.2) is 35.9 Å². The van der Waals surface area contributed by atoms with Crippen molar-refractivity contribution in [2.45, 2.75) is 49.4 Å². The number of nitrogens with zero attached hydrogens (tertiary/aromatic N) is 1. The molecule has 1 aromatic carbocycles. The van der Waals surface area contributed by atoms with Gasteiger partial charge >= 0.3 is 5.97 Å². The third-order valence-electron chi connectivity index (χ3n) is 9.11. The van der Waals surface area contributed by atoms with Crippen LogP contribution >= 0.6 is 0 Å². The molecule has 0 amide bonds.